The molecule has 0 radical (unpaired) electrons. The van der Waals surface area contributed by atoms with Crippen LogP contribution in [0.4, 0.5) is 0 Å². The summed E-state index contributed by atoms with van der Waals surface area (Å²) in [6.45, 7) is 0.632. The van der Waals surface area contributed by atoms with E-state index in [2.05, 4.69) is 25.9 Å². The van der Waals surface area contributed by atoms with Crippen LogP contribution in [0.3, 0.4) is 0 Å². The van der Waals surface area contributed by atoms with E-state index in [0.29, 0.717) is 18.8 Å². The molecule has 0 fully saturated rings. The van der Waals surface area contributed by atoms with Crippen molar-refractivity contribution in [1.82, 2.24) is 25.9 Å². The molecule has 0 unspecified atom stereocenters. The van der Waals surface area contributed by atoms with Gasteiger partial charge in [-0.1, -0.05) is 5.21 Å². The van der Waals surface area contributed by atoms with E-state index in [1.807, 2.05) is 0 Å². The summed E-state index contributed by atoms with van der Waals surface area (Å²) in [5.74, 6) is 0.350. The van der Waals surface area contributed by atoms with E-state index in [9.17, 15) is 4.79 Å². The standard InChI is InChI=1S/C5H10N6O/c6-2-1-5(12)7-3-4-8-10-11-9-4/h1-3,6H2,(H,7,12)(H,8,9,10,11). The van der Waals surface area contributed by atoms with E-state index in [1.165, 1.54) is 0 Å². The van der Waals surface area contributed by atoms with E-state index in [0.717, 1.165) is 0 Å². The molecule has 0 saturated carbocycles. The molecule has 0 aliphatic carbocycles. The molecule has 1 rings (SSSR count). The second-order valence-corrected chi connectivity index (χ2v) is 2.14. The molecule has 0 saturated heterocycles. The third-order valence-electron chi connectivity index (χ3n) is 1.20. The van der Waals surface area contributed by atoms with Gasteiger partial charge in [-0.15, -0.1) is 10.2 Å². The van der Waals surface area contributed by atoms with E-state index in [4.69, 9.17) is 5.73 Å². The molecule has 1 amide bonds. The van der Waals surface area contributed by atoms with Gasteiger partial charge in [0.15, 0.2) is 5.82 Å². The number of rotatable bonds is 4. The van der Waals surface area contributed by atoms with Gasteiger partial charge < -0.3 is 11.1 Å². The number of aromatic nitrogens is 4. The van der Waals surface area contributed by atoms with Crippen LogP contribution in [0.5, 0.6) is 0 Å². The molecule has 66 valence electrons. The topological polar surface area (TPSA) is 110 Å². The lowest BCUT2D eigenvalue weighted by Gasteiger charge is -1.98. The minimum atomic E-state index is -0.109. The quantitative estimate of drug-likeness (QED) is 0.492. The van der Waals surface area contributed by atoms with Crippen molar-refractivity contribution in [1.29, 1.82) is 0 Å². The predicted molar refractivity (Wildman–Crippen MR) is 39.7 cm³/mol. The zero-order valence-corrected chi connectivity index (χ0v) is 6.45. The number of amides is 1. The summed E-state index contributed by atoms with van der Waals surface area (Å²) in [6.07, 6.45) is 0.317. The van der Waals surface area contributed by atoms with Crippen LogP contribution in [0.25, 0.3) is 0 Å². The maximum Gasteiger partial charge on any atom is 0.221 e. The lowest BCUT2D eigenvalue weighted by atomic mass is 10.4. The van der Waals surface area contributed by atoms with Gasteiger partial charge in [-0.25, -0.2) is 0 Å². The molecule has 1 heterocycles. The Morgan fingerprint density at radius 2 is 2.50 bits per heavy atom. The van der Waals surface area contributed by atoms with Crippen LogP contribution in [-0.4, -0.2) is 33.1 Å². The van der Waals surface area contributed by atoms with Crippen molar-refractivity contribution >= 4 is 5.91 Å². The monoisotopic (exact) mass is 170 g/mol. The first-order valence-corrected chi connectivity index (χ1v) is 3.52. The Balaban J connectivity index is 2.22. The van der Waals surface area contributed by atoms with Crippen molar-refractivity contribution in [3.05, 3.63) is 5.82 Å². The van der Waals surface area contributed by atoms with Gasteiger partial charge in [0.1, 0.15) is 0 Å². The molecular weight excluding hydrogens is 160 g/mol. The first-order chi connectivity index (χ1) is 5.83. The van der Waals surface area contributed by atoms with Crippen LogP contribution in [0, 0.1) is 0 Å². The molecule has 4 N–H and O–H groups in total. The normalized spacial score (nSPS) is 9.75. The predicted octanol–water partition coefficient (Wildman–Crippen LogP) is -1.84. The summed E-state index contributed by atoms with van der Waals surface area (Å²) in [7, 11) is 0. The smallest absolute Gasteiger partial charge is 0.221 e. The molecular formula is C5H10N6O. The number of carbonyl (C=O) groups excluding carboxylic acids is 1. The zero-order valence-electron chi connectivity index (χ0n) is 6.45. The first kappa shape index (κ1) is 8.60. The Kier molecular flexibility index (Phi) is 3.15. The van der Waals surface area contributed by atoms with Crippen LogP contribution in [-0.2, 0) is 11.3 Å². The van der Waals surface area contributed by atoms with Gasteiger partial charge in [-0.2, -0.15) is 5.21 Å². The molecule has 0 spiro atoms. The van der Waals surface area contributed by atoms with Gasteiger partial charge >= 0.3 is 0 Å². The fraction of sp³-hybridized carbons (Fsp3) is 0.600. The molecule has 0 aliphatic rings. The SMILES string of the molecule is NCCC(=O)NCc1nn[nH]n1. The Morgan fingerprint density at radius 1 is 1.67 bits per heavy atom. The average Bonchev–Trinajstić information content (AvgIpc) is 2.53. The lowest BCUT2D eigenvalue weighted by Crippen LogP contribution is -2.25. The van der Waals surface area contributed by atoms with E-state index in [1.54, 1.807) is 0 Å². The number of hydrogen-bond acceptors (Lipinski definition) is 5. The Bertz CT molecular complexity index is 232. The highest BCUT2D eigenvalue weighted by Crippen LogP contribution is 1.82. The molecule has 0 bridgehead atoms. The highest BCUT2D eigenvalue weighted by atomic mass is 16.1. The molecule has 0 aromatic carbocycles. The zero-order chi connectivity index (χ0) is 8.81. The number of carbonyl (C=O) groups is 1. The number of H-pyrrole nitrogens is 1. The van der Waals surface area contributed by atoms with Gasteiger partial charge in [0.2, 0.25) is 5.91 Å². The second kappa shape index (κ2) is 4.39. The third kappa shape index (κ3) is 2.62. The summed E-state index contributed by atoms with van der Waals surface area (Å²) in [4.78, 5) is 10.9. The number of tetrazole rings is 1. The van der Waals surface area contributed by atoms with Crippen LogP contribution in [0.2, 0.25) is 0 Å². The van der Waals surface area contributed by atoms with Crippen molar-refractivity contribution in [2.45, 2.75) is 13.0 Å². The molecule has 0 atom stereocenters. The molecule has 1 aromatic heterocycles. The Hall–Kier alpha value is -1.50. The molecule has 7 heteroatoms. The number of hydrogen-bond donors (Lipinski definition) is 3. The average molecular weight is 170 g/mol. The molecule has 12 heavy (non-hydrogen) atoms. The minimum Gasteiger partial charge on any atom is -0.349 e. The summed E-state index contributed by atoms with van der Waals surface area (Å²) in [5, 5.41) is 15.5. The summed E-state index contributed by atoms with van der Waals surface area (Å²) < 4.78 is 0. The molecule has 7 nitrogen and oxygen atoms in total. The maximum absolute atomic E-state index is 10.9. The van der Waals surface area contributed by atoms with Crippen molar-refractivity contribution in [2.24, 2.45) is 5.73 Å². The minimum absolute atomic E-state index is 0.109. The third-order valence-corrected chi connectivity index (χ3v) is 1.20. The largest absolute Gasteiger partial charge is 0.349 e. The van der Waals surface area contributed by atoms with Gasteiger partial charge in [0.25, 0.3) is 0 Å². The van der Waals surface area contributed by atoms with Crippen molar-refractivity contribution < 1.29 is 4.79 Å². The van der Waals surface area contributed by atoms with E-state index in [-0.39, 0.29) is 12.5 Å². The second-order valence-electron chi connectivity index (χ2n) is 2.14. The number of nitrogens with zero attached hydrogens (tertiary/aromatic N) is 3. The Labute approximate surface area is 68.7 Å². The van der Waals surface area contributed by atoms with Crippen molar-refractivity contribution in [3.63, 3.8) is 0 Å². The van der Waals surface area contributed by atoms with Crippen molar-refractivity contribution in [2.75, 3.05) is 6.54 Å². The van der Waals surface area contributed by atoms with Gasteiger partial charge in [0.05, 0.1) is 6.54 Å². The van der Waals surface area contributed by atoms with Crippen LogP contribution in [0.15, 0.2) is 0 Å². The van der Waals surface area contributed by atoms with Gasteiger partial charge in [-0.05, 0) is 0 Å². The van der Waals surface area contributed by atoms with Crippen LogP contribution in [0.1, 0.15) is 12.2 Å². The van der Waals surface area contributed by atoms with Crippen molar-refractivity contribution in [3.8, 4) is 0 Å². The Morgan fingerprint density at radius 3 is 3.08 bits per heavy atom. The van der Waals surface area contributed by atoms with Gasteiger partial charge in [-0.3, -0.25) is 4.79 Å². The summed E-state index contributed by atoms with van der Waals surface area (Å²) >= 11 is 0. The van der Waals surface area contributed by atoms with Crippen LogP contribution >= 0.6 is 0 Å². The first-order valence-electron chi connectivity index (χ1n) is 3.52. The summed E-state index contributed by atoms with van der Waals surface area (Å²) in [6, 6.07) is 0. The fourth-order valence-corrected chi connectivity index (χ4v) is 0.655. The summed E-state index contributed by atoms with van der Waals surface area (Å²) in [5.41, 5.74) is 5.17. The lowest BCUT2D eigenvalue weighted by molar-refractivity contribution is -0.121. The van der Waals surface area contributed by atoms with Gasteiger partial charge in [0, 0.05) is 13.0 Å². The number of nitrogens with two attached hydrogens (primary N) is 1. The number of aromatic amines is 1. The highest BCUT2D eigenvalue weighted by Gasteiger charge is 2.01. The maximum atomic E-state index is 10.9. The molecule has 0 aliphatic heterocycles. The number of nitrogens with one attached hydrogen (secondary N) is 2. The van der Waals surface area contributed by atoms with E-state index < -0.39 is 0 Å². The fourth-order valence-electron chi connectivity index (χ4n) is 0.655. The molecule has 1 aromatic rings. The van der Waals surface area contributed by atoms with Crippen LogP contribution < -0.4 is 11.1 Å². The highest BCUT2D eigenvalue weighted by molar-refractivity contribution is 5.75. The van der Waals surface area contributed by atoms with E-state index >= 15 is 0 Å².